The molecule has 4 nitrogen and oxygen atoms in total. The topological polar surface area (TPSA) is 55.4 Å². The summed E-state index contributed by atoms with van der Waals surface area (Å²) >= 11 is 3.49. The third kappa shape index (κ3) is 4.45. The molecule has 0 saturated heterocycles. The minimum absolute atomic E-state index is 0.292. The van der Waals surface area contributed by atoms with Crippen LogP contribution in [0.15, 0.2) is 46.9 Å². The lowest BCUT2D eigenvalue weighted by atomic mass is 10.0. The largest absolute Gasteiger partial charge is 0.467 e. The third-order valence-electron chi connectivity index (χ3n) is 3.77. The summed E-state index contributed by atoms with van der Waals surface area (Å²) < 4.78 is 5.81. The van der Waals surface area contributed by atoms with E-state index in [0.717, 1.165) is 21.2 Å². The van der Waals surface area contributed by atoms with Gasteiger partial charge in [-0.15, -0.1) is 0 Å². The van der Waals surface area contributed by atoms with E-state index in [1.54, 1.807) is 12.1 Å². The molecule has 0 aliphatic heterocycles. The number of carbonyl (C=O) groups excluding carboxylic acids is 2. The molecular weight excluding hydrogens is 370 g/mol. The number of amides is 1. The Kier molecular flexibility index (Phi) is 6.15. The maximum absolute atomic E-state index is 12.5. The van der Waals surface area contributed by atoms with Crippen molar-refractivity contribution < 1.29 is 14.3 Å². The molecule has 0 fully saturated rings. The molecule has 0 spiro atoms. The molecule has 1 amide bonds. The molecule has 5 heteroatoms. The van der Waals surface area contributed by atoms with Crippen LogP contribution in [0.1, 0.15) is 27.0 Å². The van der Waals surface area contributed by atoms with Gasteiger partial charge in [0, 0.05) is 16.5 Å². The molecule has 0 aliphatic rings. The van der Waals surface area contributed by atoms with E-state index in [4.69, 9.17) is 4.74 Å². The fourth-order valence-corrected chi connectivity index (χ4v) is 2.73. The summed E-state index contributed by atoms with van der Waals surface area (Å²) in [7, 11) is 1.32. The number of esters is 1. The van der Waals surface area contributed by atoms with Crippen molar-refractivity contribution in [2.45, 2.75) is 26.3 Å². The molecular formula is C19H20BrNO3. The second-order valence-corrected chi connectivity index (χ2v) is 6.46. The van der Waals surface area contributed by atoms with E-state index in [0.29, 0.717) is 12.0 Å². The Morgan fingerprint density at radius 2 is 1.71 bits per heavy atom. The number of hydrogen-bond donors (Lipinski definition) is 1. The molecule has 24 heavy (non-hydrogen) atoms. The molecule has 126 valence electrons. The zero-order chi connectivity index (χ0) is 17.7. The number of benzene rings is 2. The monoisotopic (exact) mass is 389 g/mol. The van der Waals surface area contributed by atoms with Crippen LogP contribution in [0.4, 0.5) is 0 Å². The van der Waals surface area contributed by atoms with Gasteiger partial charge in [0.15, 0.2) is 0 Å². The third-order valence-corrected chi connectivity index (χ3v) is 5.02. The molecule has 0 aliphatic carbocycles. The fourth-order valence-electron chi connectivity index (χ4n) is 2.50. The number of rotatable bonds is 5. The van der Waals surface area contributed by atoms with Crippen molar-refractivity contribution >= 4 is 27.8 Å². The molecule has 0 bridgehead atoms. The molecule has 2 aromatic carbocycles. The molecule has 0 heterocycles. The minimum atomic E-state index is -0.728. The SMILES string of the molecule is COC(=O)[C@H](Cc1ccccc1)NC(=O)c1cc(C)c(Br)c(C)c1. The number of halogens is 1. The van der Waals surface area contributed by atoms with Crippen molar-refractivity contribution in [2.24, 2.45) is 0 Å². The van der Waals surface area contributed by atoms with Gasteiger partial charge in [0.1, 0.15) is 6.04 Å². The lowest BCUT2D eigenvalue weighted by molar-refractivity contribution is -0.142. The van der Waals surface area contributed by atoms with E-state index in [1.165, 1.54) is 7.11 Å². The Balaban J connectivity index is 2.20. The van der Waals surface area contributed by atoms with Gasteiger partial charge in [-0.25, -0.2) is 4.79 Å². The van der Waals surface area contributed by atoms with Gasteiger partial charge in [-0.1, -0.05) is 46.3 Å². The molecule has 1 atom stereocenters. The number of ether oxygens (including phenoxy) is 1. The van der Waals surface area contributed by atoms with Crippen LogP contribution in [0.25, 0.3) is 0 Å². The van der Waals surface area contributed by atoms with Crippen LogP contribution < -0.4 is 5.32 Å². The fraction of sp³-hybridized carbons (Fsp3) is 0.263. The average Bonchev–Trinajstić information content (AvgIpc) is 2.58. The van der Waals surface area contributed by atoms with Crippen molar-refractivity contribution in [1.29, 1.82) is 0 Å². The molecule has 0 radical (unpaired) electrons. The molecule has 1 N–H and O–H groups in total. The van der Waals surface area contributed by atoms with Crippen LogP contribution in [0.3, 0.4) is 0 Å². The lowest BCUT2D eigenvalue weighted by Gasteiger charge is -2.17. The van der Waals surface area contributed by atoms with E-state index >= 15 is 0 Å². The molecule has 0 aromatic heterocycles. The zero-order valence-electron chi connectivity index (χ0n) is 13.9. The van der Waals surface area contributed by atoms with Gasteiger partial charge in [-0.2, -0.15) is 0 Å². The first-order chi connectivity index (χ1) is 11.4. The molecule has 0 saturated carbocycles. The summed E-state index contributed by atoms with van der Waals surface area (Å²) in [6, 6.07) is 12.4. The first-order valence-corrected chi connectivity index (χ1v) is 8.41. The summed E-state index contributed by atoms with van der Waals surface area (Å²) in [5, 5.41) is 2.78. The van der Waals surface area contributed by atoms with E-state index in [9.17, 15) is 9.59 Å². The van der Waals surface area contributed by atoms with E-state index in [1.807, 2.05) is 44.2 Å². The van der Waals surface area contributed by atoms with Gasteiger partial charge < -0.3 is 10.1 Å². The Labute approximate surface area is 150 Å². The summed E-state index contributed by atoms with van der Waals surface area (Å²) in [6.45, 7) is 3.85. The van der Waals surface area contributed by atoms with Crippen LogP contribution in [0.2, 0.25) is 0 Å². The van der Waals surface area contributed by atoms with Gasteiger partial charge in [-0.3, -0.25) is 4.79 Å². The predicted octanol–water partition coefficient (Wildman–Crippen LogP) is 3.58. The lowest BCUT2D eigenvalue weighted by Crippen LogP contribution is -2.43. The summed E-state index contributed by atoms with van der Waals surface area (Å²) in [5.74, 6) is -0.752. The van der Waals surface area contributed by atoms with Crippen LogP contribution in [-0.2, 0) is 16.0 Å². The number of aryl methyl sites for hydroxylation is 2. The van der Waals surface area contributed by atoms with E-state index < -0.39 is 12.0 Å². The standard InChI is InChI=1S/C19H20BrNO3/c1-12-9-15(10-13(2)17(12)20)18(22)21-16(19(23)24-3)11-14-7-5-4-6-8-14/h4-10,16H,11H2,1-3H3,(H,21,22)/t16-/m0/s1. The maximum atomic E-state index is 12.5. The number of hydrogen-bond acceptors (Lipinski definition) is 3. The Bertz CT molecular complexity index is 721. The number of carbonyl (C=O) groups is 2. The summed E-state index contributed by atoms with van der Waals surface area (Å²) in [5.41, 5.74) is 3.42. The Hall–Kier alpha value is -2.14. The van der Waals surface area contributed by atoms with Gasteiger partial charge in [0.2, 0.25) is 0 Å². The summed E-state index contributed by atoms with van der Waals surface area (Å²) in [4.78, 5) is 24.6. The second-order valence-electron chi connectivity index (χ2n) is 5.66. The highest BCUT2D eigenvalue weighted by molar-refractivity contribution is 9.10. The van der Waals surface area contributed by atoms with Crippen molar-refractivity contribution in [2.75, 3.05) is 7.11 Å². The van der Waals surface area contributed by atoms with Gasteiger partial charge in [0.25, 0.3) is 5.91 Å². The smallest absolute Gasteiger partial charge is 0.328 e. The molecule has 0 unspecified atom stereocenters. The first kappa shape index (κ1) is 18.2. The second kappa shape index (κ2) is 8.11. The quantitative estimate of drug-likeness (QED) is 0.795. The van der Waals surface area contributed by atoms with Gasteiger partial charge in [-0.05, 0) is 42.7 Å². The van der Waals surface area contributed by atoms with Crippen molar-refractivity contribution in [3.63, 3.8) is 0 Å². The highest BCUT2D eigenvalue weighted by Gasteiger charge is 2.23. The van der Waals surface area contributed by atoms with E-state index in [2.05, 4.69) is 21.2 Å². The van der Waals surface area contributed by atoms with Crippen molar-refractivity contribution in [1.82, 2.24) is 5.32 Å². The Morgan fingerprint density at radius 3 is 2.25 bits per heavy atom. The highest BCUT2D eigenvalue weighted by atomic mass is 79.9. The normalized spacial score (nSPS) is 11.7. The van der Waals surface area contributed by atoms with Gasteiger partial charge in [0.05, 0.1) is 7.11 Å². The van der Waals surface area contributed by atoms with Crippen LogP contribution in [0, 0.1) is 13.8 Å². The Morgan fingerprint density at radius 1 is 1.12 bits per heavy atom. The number of methoxy groups -OCH3 is 1. The maximum Gasteiger partial charge on any atom is 0.328 e. The predicted molar refractivity (Wildman–Crippen MR) is 97.0 cm³/mol. The van der Waals surface area contributed by atoms with Crippen LogP contribution in [0.5, 0.6) is 0 Å². The van der Waals surface area contributed by atoms with Gasteiger partial charge >= 0.3 is 5.97 Å². The van der Waals surface area contributed by atoms with Crippen molar-refractivity contribution in [3.8, 4) is 0 Å². The number of nitrogens with one attached hydrogen (secondary N) is 1. The highest BCUT2D eigenvalue weighted by Crippen LogP contribution is 2.22. The van der Waals surface area contributed by atoms with Crippen LogP contribution >= 0.6 is 15.9 Å². The average molecular weight is 390 g/mol. The van der Waals surface area contributed by atoms with Crippen molar-refractivity contribution in [3.05, 3.63) is 69.2 Å². The summed E-state index contributed by atoms with van der Waals surface area (Å²) in [6.07, 6.45) is 0.383. The minimum Gasteiger partial charge on any atom is -0.467 e. The molecule has 2 aromatic rings. The zero-order valence-corrected chi connectivity index (χ0v) is 15.5. The molecule has 2 rings (SSSR count). The van der Waals surface area contributed by atoms with Crippen LogP contribution in [-0.4, -0.2) is 25.0 Å². The van der Waals surface area contributed by atoms with E-state index in [-0.39, 0.29) is 5.91 Å². The first-order valence-electron chi connectivity index (χ1n) is 7.61.